The predicted molar refractivity (Wildman–Crippen MR) is 83.3 cm³/mol. The third-order valence-electron chi connectivity index (χ3n) is 2.38. The Hall–Kier alpha value is -0.250. The summed E-state index contributed by atoms with van der Waals surface area (Å²) < 4.78 is 5.25. The molecular weight excluding hydrogens is 351 g/mol. The first kappa shape index (κ1) is 16.8. The summed E-state index contributed by atoms with van der Waals surface area (Å²) in [6.07, 6.45) is 0.816. The van der Waals surface area contributed by atoms with E-state index in [9.17, 15) is 4.79 Å². The minimum absolute atomic E-state index is 0.232. The van der Waals surface area contributed by atoms with Gasteiger partial charge in [0.25, 0.3) is 0 Å². The van der Waals surface area contributed by atoms with Crippen molar-refractivity contribution in [3.8, 4) is 0 Å². The smallest absolute Gasteiger partial charge is 0.306 e. The highest BCUT2D eigenvalue weighted by atomic mass is 79.9. The van der Waals surface area contributed by atoms with Crippen LogP contribution >= 0.6 is 39.1 Å². The van der Waals surface area contributed by atoms with Crippen LogP contribution in [-0.2, 0) is 21.3 Å². The number of aryl methyl sites for hydroxylation is 1. The zero-order valence-electron chi connectivity index (χ0n) is 11.2. The quantitative estimate of drug-likeness (QED) is 0.542. The zero-order valence-corrected chi connectivity index (χ0v) is 14.3. The lowest BCUT2D eigenvalue weighted by Gasteiger charge is -2.19. The Morgan fingerprint density at radius 2 is 1.74 bits per heavy atom. The van der Waals surface area contributed by atoms with E-state index in [1.807, 2.05) is 32.9 Å². The van der Waals surface area contributed by atoms with Gasteiger partial charge in [-0.05, 0) is 50.5 Å². The van der Waals surface area contributed by atoms with Crippen molar-refractivity contribution in [1.82, 2.24) is 0 Å². The number of rotatable bonds is 4. The number of alkyl halides is 1. The van der Waals surface area contributed by atoms with Gasteiger partial charge >= 0.3 is 5.97 Å². The van der Waals surface area contributed by atoms with Crippen molar-refractivity contribution in [3.63, 3.8) is 0 Å². The van der Waals surface area contributed by atoms with Crippen LogP contribution in [0.15, 0.2) is 12.1 Å². The van der Waals surface area contributed by atoms with Crippen molar-refractivity contribution in [3.05, 3.63) is 33.3 Å². The summed E-state index contributed by atoms with van der Waals surface area (Å²) >= 11 is 15.6. The maximum absolute atomic E-state index is 11.6. The van der Waals surface area contributed by atoms with Crippen molar-refractivity contribution >= 4 is 45.1 Å². The Labute approximate surface area is 132 Å². The lowest BCUT2D eigenvalue weighted by Crippen LogP contribution is -2.24. The van der Waals surface area contributed by atoms with Crippen molar-refractivity contribution in [2.24, 2.45) is 0 Å². The Balaban J connectivity index is 2.68. The number of ether oxygens (including phenoxy) is 1. The van der Waals surface area contributed by atoms with Gasteiger partial charge in [-0.2, -0.15) is 0 Å². The SMILES string of the molecule is CC(C)(C)OC(=O)CCc1cc(Cl)c(CBr)cc1Cl. The van der Waals surface area contributed by atoms with Gasteiger partial charge in [-0.15, -0.1) is 0 Å². The fourth-order valence-corrected chi connectivity index (χ4v) is 2.71. The Bertz CT molecular complexity index is 467. The van der Waals surface area contributed by atoms with Crippen LogP contribution in [0.4, 0.5) is 0 Å². The van der Waals surface area contributed by atoms with Crippen LogP contribution in [0.5, 0.6) is 0 Å². The molecule has 0 aliphatic carbocycles. The average molecular weight is 368 g/mol. The number of hydrogen-bond donors (Lipinski definition) is 0. The first-order valence-corrected chi connectivity index (χ1v) is 7.85. The molecule has 0 aliphatic heterocycles. The number of halogens is 3. The summed E-state index contributed by atoms with van der Waals surface area (Å²) in [5.74, 6) is -0.232. The minimum atomic E-state index is -0.460. The van der Waals surface area contributed by atoms with Gasteiger partial charge in [-0.1, -0.05) is 39.1 Å². The summed E-state index contributed by atoms with van der Waals surface area (Å²) in [7, 11) is 0. The zero-order chi connectivity index (χ0) is 14.6. The molecule has 0 saturated heterocycles. The number of benzene rings is 1. The molecule has 1 aromatic rings. The molecule has 0 saturated carbocycles. The van der Waals surface area contributed by atoms with E-state index < -0.39 is 5.60 Å². The largest absolute Gasteiger partial charge is 0.460 e. The molecule has 0 radical (unpaired) electrons. The van der Waals surface area contributed by atoms with Gasteiger partial charge in [-0.25, -0.2) is 0 Å². The van der Waals surface area contributed by atoms with Gasteiger partial charge in [0.05, 0.1) is 0 Å². The summed E-state index contributed by atoms with van der Waals surface area (Å²) in [6, 6.07) is 3.63. The van der Waals surface area contributed by atoms with Crippen molar-refractivity contribution in [1.29, 1.82) is 0 Å². The van der Waals surface area contributed by atoms with Crippen LogP contribution in [0.1, 0.15) is 38.3 Å². The Kier molecular flexibility index (Phi) is 6.15. The van der Waals surface area contributed by atoms with Crippen molar-refractivity contribution < 1.29 is 9.53 Å². The molecule has 1 rings (SSSR count). The summed E-state index contributed by atoms with van der Waals surface area (Å²) in [6.45, 7) is 5.54. The molecule has 19 heavy (non-hydrogen) atoms. The van der Waals surface area contributed by atoms with Crippen molar-refractivity contribution in [2.45, 2.75) is 44.5 Å². The molecule has 0 fully saturated rings. The molecule has 1 aromatic carbocycles. The van der Waals surface area contributed by atoms with E-state index in [1.165, 1.54) is 0 Å². The topological polar surface area (TPSA) is 26.3 Å². The maximum Gasteiger partial charge on any atom is 0.306 e. The van der Waals surface area contributed by atoms with E-state index in [1.54, 1.807) is 0 Å². The predicted octanol–water partition coefficient (Wildman–Crippen LogP) is 5.16. The molecule has 0 N–H and O–H groups in total. The molecule has 0 aliphatic rings. The van der Waals surface area contributed by atoms with Gasteiger partial charge in [0, 0.05) is 21.8 Å². The third kappa shape index (κ3) is 5.72. The molecule has 0 amide bonds. The van der Waals surface area contributed by atoms with Gasteiger partial charge < -0.3 is 4.74 Å². The average Bonchev–Trinajstić information content (AvgIpc) is 2.27. The second-order valence-corrected chi connectivity index (χ2v) is 6.63. The Morgan fingerprint density at radius 3 is 2.26 bits per heavy atom. The van der Waals surface area contributed by atoms with E-state index >= 15 is 0 Å². The Morgan fingerprint density at radius 1 is 1.21 bits per heavy atom. The molecule has 0 atom stereocenters. The van der Waals surface area contributed by atoms with E-state index in [2.05, 4.69) is 15.9 Å². The number of hydrogen-bond acceptors (Lipinski definition) is 2. The normalized spacial score (nSPS) is 11.5. The summed E-state index contributed by atoms with van der Waals surface area (Å²) in [4.78, 5) is 11.6. The lowest BCUT2D eigenvalue weighted by atomic mass is 10.1. The van der Waals surface area contributed by atoms with Crippen LogP contribution in [-0.4, -0.2) is 11.6 Å². The molecule has 2 nitrogen and oxygen atoms in total. The van der Waals surface area contributed by atoms with Gasteiger partial charge in [0.15, 0.2) is 0 Å². The van der Waals surface area contributed by atoms with Crippen LogP contribution in [0.3, 0.4) is 0 Å². The van der Waals surface area contributed by atoms with Crippen LogP contribution < -0.4 is 0 Å². The van der Waals surface area contributed by atoms with E-state index in [4.69, 9.17) is 27.9 Å². The van der Waals surface area contributed by atoms with E-state index in [0.717, 1.165) is 11.1 Å². The minimum Gasteiger partial charge on any atom is -0.460 e. The summed E-state index contributed by atoms with van der Waals surface area (Å²) in [5.41, 5.74) is 1.34. The molecular formula is C14H17BrCl2O2. The molecule has 0 aromatic heterocycles. The second-order valence-electron chi connectivity index (χ2n) is 5.26. The maximum atomic E-state index is 11.6. The van der Waals surface area contributed by atoms with Gasteiger partial charge in [-0.3, -0.25) is 4.79 Å². The number of carbonyl (C=O) groups is 1. The lowest BCUT2D eigenvalue weighted by molar-refractivity contribution is -0.154. The van der Waals surface area contributed by atoms with Crippen LogP contribution in [0.25, 0.3) is 0 Å². The number of carbonyl (C=O) groups excluding carboxylic acids is 1. The highest BCUT2D eigenvalue weighted by molar-refractivity contribution is 9.08. The molecule has 0 spiro atoms. The fraction of sp³-hybridized carbons (Fsp3) is 0.500. The highest BCUT2D eigenvalue weighted by Gasteiger charge is 2.16. The molecule has 5 heteroatoms. The monoisotopic (exact) mass is 366 g/mol. The second kappa shape index (κ2) is 6.96. The highest BCUT2D eigenvalue weighted by Crippen LogP contribution is 2.28. The van der Waals surface area contributed by atoms with Gasteiger partial charge in [0.2, 0.25) is 0 Å². The fourth-order valence-electron chi connectivity index (χ4n) is 1.55. The molecule has 106 valence electrons. The van der Waals surface area contributed by atoms with Crippen LogP contribution in [0.2, 0.25) is 10.0 Å². The van der Waals surface area contributed by atoms with E-state index in [0.29, 0.717) is 28.2 Å². The van der Waals surface area contributed by atoms with E-state index in [-0.39, 0.29) is 5.97 Å². The van der Waals surface area contributed by atoms with Crippen molar-refractivity contribution in [2.75, 3.05) is 0 Å². The molecule has 0 bridgehead atoms. The first-order chi connectivity index (χ1) is 8.73. The number of esters is 1. The first-order valence-electron chi connectivity index (χ1n) is 5.97. The molecule has 0 heterocycles. The summed E-state index contributed by atoms with van der Waals surface area (Å²) in [5, 5.41) is 1.93. The van der Waals surface area contributed by atoms with Gasteiger partial charge in [0.1, 0.15) is 5.60 Å². The molecule has 0 unspecified atom stereocenters. The standard InChI is InChI=1S/C14H17BrCl2O2/c1-14(2,3)19-13(18)5-4-9-6-12(17)10(8-15)7-11(9)16/h6-7H,4-5,8H2,1-3H3. The third-order valence-corrected chi connectivity index (χ3v) is 3.69. The van der Waals surface area contributed by atoms with Crippen LogP contribution in [0, 0.1) is 0 Å².